The molecule has 0 aromatic heterocycles. The van der Waals surface area contributed by atoms with Crippen molar-refractivity contribution in [3.63, 3.8) is 0 Å². The van der Waals surface area contributed by atoms with Gasteiger partial charge < -0.3 is 9.64 Å². The van der Waals surface area contributed by atoms with Gasteiger partial charge in [0.15, 0.2) is 0 Å². The Balaban J connectivity index is 1.46. The largest absolute Gasteiger partial charge is 0.494 e. The first-order valence-corrected chi connectivity index (χ1v) is 10.9. The molecule has 0 spiro atoms. The highest BCUT2D eigenvalue weighted by molar-refractivity contribution is 5.49. The second kappa shape index (κ2) is 13.1. The van der Waals surface area contributed by atoms with Gasteiger partial charge in [0.05, 0.1) is 6.61 Å². The van der Waals surface area contributed by atoms with Crippen molar-refractivity contribution in [3.05, 3.63) is 24.3 Å². The number of ether oxygens (including phenoxy) is 1. The van der Waals surface area contributed by atoms with E-state index in [0.717, 1.165) is 12.4 Å². The van der Waals surface area contributed by atoms with Crippen LogP contribution >= 0.6 is 0 Å². The number of nitrogens with zero attached hydrogens (tertiary/aromatic N) is 1. The van der Waals surface area contributed by atoms with Gasteiger partial charge >= 0.3 is 0 Å². The van der Waals surface area contributed by atoms with E-state index >= 15 is 0 Å². The second-order valence-corrected chi connectivity index (χ2v) is 7.57. The Labute approximate surface area is 156 Å². The lowest BCUT2D eigenvalue weighted by atomic mass is 10.1. The number of anilines is 1. The molecule has 1 fully saturated rings. The second-order valence-electron chi connectivity index (χ2n) is 7.57. The van der Waals surface area contributed by atoms with Crippen LogP contribution in [0.2, 0.25) is 0 Å². The molecule has 0 N–H and O–H groups in total. The van der Waals surface area contributed by atoms with Gasteiger partial charge in [0.25, 0.3) is 0 Å². The number of hydrogen-bond acceptors (Lipinski definition) is 2. The third kappa shape index (κ3) is 8.65. The molecular formula is C23H39NO. The summed E-state index contributed by atoms with van der Waals surface area (Å²) in [5, 5.41) is 0. The Morgan fingerprint density at radius 3 is 1.88 bits per heavy atom. The van der Waals surface area contributed by atoms with E-state index in [4.69, 9.17) is 4.74 Å². The monoisotopic (exact) mass is 345 g/mol. The smallest absolute Gasteiger partial charge is 0.119 e. The van der Waals surface area contributed by atoms with Gasteiger partial charge in [-0.15, -0.1) is 0 Å². The highest BCUT2D eigenvalue weighted by Crippen LogP contribution is 2.23. The molecule has 1 aromatic carbocycles. The van der Waals surface area contributed by atoms with E-state index in [1.54, 1.807) is 0 Å². The zero-order chi connectivity index (χ0) is 17.6. The van der Waals surface area contributed by atoms with Crippen molar-refractivity contribution in [2.24, 2.45) is 0 Å². The predicted molar refractivity (Wildman–Crippen MR) is 110 cm³/mol. The number of piperidine rings is 1. The Morgan fingerprint density at radius 1 is 0.720 bits per heavy atom. The quantitative estimate of drug-likeness (QED) is 0.358. The standard InChI is InChI=1S/C23H39NO/c1-2-3-4-5-6-7-8-9-10-14-21-25-23-17-15-22(16-18-23)24-19-12-11-13-20-24/h15-18H,2-14,19-21H2,1H3. The molecule has 0 amide bonds. The number of hydrogen-bond donors (Lipinski definition) is 0. The number of benzene rings is 1. The van der Waals surface area contributed by atoms with Gasteiger partial charge in [0.2, 0.25) is 0 Å². The van der Waals surface area contributed by atoms with Crippen molar-refractivity contribution in [2.75, 3.05) is 24.6 Å². The average molecular weight is 346 g/mol. The highest BCUT2D eigenvalue weighted by atomic mass is 16.5. The summed E-state index contributed by atoms with van der Waals surface area (Å²) in [7, 11) is 0. The topological polar surface area (TPSA) is 12.5 Å². The first-order valence-electron chi connectivity index (χ1n) is 10.9. The lowest BCUT2D eigenvalue weighted by molar-refractivity contribution is 0.304. The van der Waals surface area contributed by atoms with Crippen LogP contribution in [0.25, 0.3) is 0 Å². The molecule has 1 aromatic rings. The first kappa shape index (κ1) is 20.1. The maximum Gasteiger partial charge on any atom is 0.119 e. The van der Waals surface area contributed by atoms with Crippen LogP contribution in [0.5, 0.6) is 5.75 Å². The Morgan fingerprint density at radius 2 is 1.28 bits per heavy atom. The normalized spacial score (nSPS) is 14.7. The van der Waals surface area contributed by atoms with E-state index in [1.165, 1.54) is 102 Å². The van der Waals surface area contributed by atoms with E-state index in [0.29, 0.717) is 0 Å². The number of unbranched alkanes of at least 4 members (excludes halogenated alkanes) is 9. The van der Waals surface area contributed by atoms with Crippen molar-refractivity contribution in [1.29, 1.82) is 0 Å². The van der Waals surface area contributed by atoms with Gasteiger partial charge in [-0.1, -0.05) is 64.7 Å². The van der Waals surface area contributed by atoms with Crippen molar-refractivity contribution in [1.82, 2.24) is 0 Å². The van der Waals surface area contributed by atoms with Crippen molar-refractivity contribution in [2.45, 2.75) is 90.4 Å². The number of rotatable bonds is 13. The fraction of sp³-hybridized carbons (Fsp3) is 0.739. The molecule has 0 atom stereocenters. The minimum Gasteiger partial charge on any atom is -0.494 e. The van der Waals surface area contributed by atoms with Crippen LogP contribution in [0, 0.1) is 0 Å². The molecule has 142 valence electrons. The summed E-state index contributed by atoms with van der Waals surface area (Å²) in [6.45, 7) is 5.56. The maximum atomic E-state index is 5.90. The molecule has 0 unspecified atom stereocenters. The lowest BCUT2D eigenvalue weighted by Crippen LogP contribution is -2.29. The molecule has 1 saturated heterocycles. The molecule has 0 bridgehead atoms. The Bertz CT molecular complexity index is 422. The minimum absolute atomic E-state index is 0.861. The van der Waals surface area contributed by atoms with Gasteiger partial charge in [-0.25, -0.2) is 0 Å². The van der Waals surface area contributed by atoms with E-state index in [9.17, 15) is 0 Å². The van der Waals surface area contributed by atoms with Crippen LogP contribution in [0.15, 0.2) is 24.3 Å². The van der Waals surface area contributed by atoms with Crippen LogP contribution in [-0.2, 0) is 0 Å². The highest BCUT2D eigenvalue weighted by Gasteiger charge is 2.10. The average Bonchev–Trinajstić information content (AvgIpc) is 2.67. The van der Waals surface area contributed by atoms with Crippen LogP contribution in [0.4, 0.5) is 5.69 Å². The van der Waals surface area contributed by atoms with E-state index < -0.39 is 0 Å². The Hall–Kier alpha value is -1.18. The summed E-state index contributed by atoms with van der Waals surface area (Å²) in [5.41, 5.74) is 1.35. The molecule has 1 heterocycles. The van der Waals surface area contributed by atoms with E-state index in [2.05, 4.69) is 36.1 Å². The van der Waals surface area contributed by atoms with Crippen molar-refractivity contribution < 1.29 is 4.74 Å². The molecule has 0 saturated carbocycles. The summed E-state index contributed by atoms with van der Waals surface area (Å²) < 4.78 is 5.90. The molecule has 2 heteroatoms. The molecular weight excluding hydrogens is 306 g/mol. The summed E-state index contributed by atoms with van der Waals surface area (Å²) in [6.07, 6.45) is 17.8. The SMILES string of the molecule is CCCCCCCCCCCCOc1ccc(N2CCCCC2)cc1. The first-order chi connectivity index (χ1) is 12.4. The van der Waals surface area contributed by atoms with Gasteiger partial charge in [0, 0.05) is 18.8 Å². The minimum atomic E-state index is 0.861. The Kier molecular flexibility index (Phi) is 10.5. The van der Waals surface area contributed by atoms with Crippen LogP contribution in [0.3, 0.4) is 0 Å². The summed E-state index contributed by atoms with van der Waals surface area (Å²) in [4.78, 5) is 2.50. The molecule has 1 aliphatic rings. The molecule has 0 aliphatic carbocycles. The van der Waals surface area contributed by atoms with Crippen LogP contribution in [0.1, 0.15) is 90.4 Å². The third-order valence-electron chi connectivity index (χ3n) is 5.32. The molecule has 0 radical (unpaired) electrons. The van der Waals surface area contributed by atoms with Gasteiger partial charge in [0.1, 0.15) is 5.75 Å². The van der Waals surface area contributed by atoms with Crippen molar-refractivity contribution >= 4 is 5.69 Å². The molecule has 2 rings (SSSR count). The van der Waals surface area contributed by atoms with Crippen LogP contribution < -0.4 is 9.64 Å². The third-order valence-corrected chi connectivity index (χ3v) is 5.32. The van der Waals surface area contributed by atoms with Crippen molar-refractivity contribution in [3.8, 4) is 5.75 Å². The molecule has 1 aliphatic heterocycles. The van der Waals surface area contributed by atoms with Crippen LogP contribution in [-0.4, -0.2) is 19.7 Å². The zero-order valence-corrected chi connectivity index (χ0v) is 16.5. The predicted octanol–water partition coefficient (Wildman–Crippen LogP) is 6.98. The summed E-state index contributed by atoms with van der Waals surface area (Å²) in [5.74, 6) is 1.02. The maximum absolute atomic E-state index is 5.90. The van der Waals surface area contributed by atoms with Gasteiger partial charge in [-0.2, -0.15) is 0 Å². The van der Waals surface area contributed by atoms with Gasteiger partial charge in [-0.05, 0) is 49.9 Å². The summed E-state index contributed by atoms with van der Waals surface area (Å²) in [6, 6.07) is 8.72. The van der Waals surface area contributed by atoms with E-state index in [-0.39, 0.29) is 0 Å². The van der Waals surface area contributed by atoms with Gasteiger partial charge in [-0.3, -0.25) is 0 Å². The lowest BCUT2D eigenvalue weighted by Gasteiger charge is -2.28. The fourth-order valence-corrected chi connectivity index (χ4v) is 3.68. The van der Waals surface area contributed by atoms with E-state index in [1.807, 2.05) is 0 Å². The zero-order valence-electron chi connectivity index (χ0n) is 16.5. The molecule has 2 nitrogen and oxygen atoms in total. The molecule has 25 heavy (non-hydrogen) atoms. The summed E-state index contributed by atoms with van der Waals surface area (Å²) >= 11 is 0. The fourth-order valence-electron chi connectivity index (χ4n) is 3.68.